The molecule has 0 saturated carbocycles. The maximum Gasteiger partial charge on any atom is 0.242 e. The highest BCUT2D eigenvalue weighted by molar-refractivity contribution is 5.60. The first-order chi connectivity index (χ1) is 14.5. The number of aryl methyl sites for hydroxylation is 1. The van der Waals surface area contributed by atoms with E-state index in [2.05, 4.69) is 16.1 Å². The van der Waals surface area contributed by atoms with Gasteiger partial charge in [-0.25, -0.2) is 9.37 Å². The van der Waals surface area contributed by atoms with Gasteiger partial charge in [-0.15, -0.1) is 0 Å². The average molecular weight is 402 g/mol. The first-order valence-corrected chi connectivity index (χ1v) is 9.67. The second-order valence-electron chi connectivity index (χ2n) is 7.57. The van der Waals surface area contributed by atoms with Crippen LogP contribution < -0.4 is 5.43 Å². The molecule has 1 aliphatic rings. The summed E-state index contributed by atoms with van der Waals surface area (Å²) in [6.07, 6.45) is 4.55. The number of aromatic nitrogens is 4. The van der Waals surface area contributed by atoms with Crippen LogP contribution in [0.5, 0.6) is 5.75 Å². The van der Waals surface area contributed by atoms with Crippen LogP contribution in [0.1, 0.15) is 28.7 Å². The lowest BCUT2D eigenvalue weighted by Crippen LogP contribution is -2.32. The van der Waals surface area contributed by atoms with Gasteiger partial charge in [0.1, 0.15) is 11.5 Å². The van der Waals surface area contributed by atoms with Crippen molar-refractivity contribution in [3.63, 3.8) is 0 Å². The van der Waals surface area contributed by atoms with Gasteiger partial charge in [0.2, 0.25) is 5.43 Å². The second kappa shape index (κ2) is 6.95. The Morgan fingerprint density at radius 2 is 1.93 bits per heavy atom. The summed E-state index contributed by atoms with van der Waals surface area (Å²) in [6, 6.07) is 14.3. The van der Waals surface area contributed by atoms with Crippen LogP contribution in [0.2, 0.25) is 0 Å². The normalized spacial score (nSPS) is 16.0. The summed E-state index contributed by atoms with van der Waals surface area (Å²) in [5.41, 5.74) is 2.59. The highest BCUT2D eigenvalue weighted by atomic mass is 19.1. The SMILES string of the molecule is Cc1cccc(C(c2cccc(F)c2)C2Cn3ccnc3-c3c(O)c(=O)cnn32)c1. The molecule has 150 valence electrons. The minimum absolute atomic E-state index is 0.260. The third-order valence-corrected chi connectivity index (χ3v) is 5.61. The van der Waals surface area contributed by atoms with E-state index in [9.17, 15) is 14.3 Å². The van der Waals surface area contributed by atoms with Crippen molar-refractivity contribution in [3.8, 4) is 17.3 Å². The number of rotatable bonds is 3. The maximum atomic E-state index is 14.2. The Bertz CT molecular complexity index is 1270. The molecule has 0 aliphatic carbocycles. The van der Waals surface area contributed by atoms with Gasteiger partial charge in [-0.05, 0) is 30.2 Å². The van der Waals surface area contributed by atoms with Gasteiger partial charge in [-0.2, -0.15) is 5.10 Å². The van der Waals surface area contributed by atoms with Crippen molar-refractivity contribution in [2.24, 2.45) is 0 Å². The number of halogens is 1. The van der Waals surface area contributed by atoms with Crippen LogP contribution in [0.3, 0.4) is 0 Å². The summed E-state index contributed by atoms with van der Waals surface area (Å²) in [5.74, 6) is -0.481. The Morgan fingerprint density at radius 1 is 1.17 bits per heavy atom. The van der Waals surface area contributed by atoms with E-state index in [0.717, 1.165) is 22.9 Å². The molecule has 0 radical (unpaired) electrons. The van der Waals surface area contributed by atoms with Crippen LogP contribution in [-0.4, -0.2) is 24.4 Å². The summed E-state index contributed by atoms with van der Waals surface area (Å²) in [5, 5.41) is 14.9. The Balaban J connectivity index is 1.77. The van der Waals surface area contributed by atoms with Gasteiger partial charge in [0.25, 0.3) is 0 Å². The molecule has 7 heteroatoms. The average Bonchev–Trinajstić information content (AvgIpc) is 3.19. The molecular formula is C23H19FN4O2. The van der Waals surface area contributed by atoms with E-state index in [-0.39, 0.29) is 29.2 Å². The number of nitrogens with zero attached hydrogens (tertiary/aromatic N) is 4. The molecule has 2 atom stereocenters. The summed E-state index contributed by atoms with van der Waals surface area (Å²) in [6.45, 7) is 2.52. The van der Waals surface area contributed by atoms with Crippen molar-refractivity contribution >= 4 is 0 Å². The number of imidazole rings is 1. The third kappa shape index (κ3) is 2.90. The third-order valence-electron chi connectivity index (χ3n) is 5.61. The van der Waals surface area contributed by atoms with Gasteiger partial charge in [0, 0.05) is 24.9 Å². The topological polar surface area (TPSA) is 72.9 Å². The molecule has 3 heterocycles. The smallest absolute Gasteiger partial charge is 0.242 e. The molecule has 4 aromatic rings. The fourth-order valence-electron chi connectivity index (χ4n) is 4.32. The van der Waals surface area contributed by atoms with Gasteiger partial charge in [-0.3, -0.25) is 9.48 Å². The number of hydrogen-bond donors (Lipinski definition) is 1. The zero-order valence-corrected chi connectivity index (χ0v) is 16.2. The Labute approximate surface area is 171 Å². The molecule has 0 amide bonds. The predicted octanol–water partition coefficient (Wildman–Crippen LogP) is 3.65. The molecule has 5 rings (SSSR count). The second-order valence-corrected chi connectivity index (χ2v) is 7.57. The van der Waals surface area contributed by atoms with E-state index in [1.54, 1.807) is 16.9 Å². The molecule has 1 aliphatic heterocycles. The van der Waals surface area contributed by atoms with Crippen molar-refractivity contribution in [2.75, 3.05) is 0 Å². The Kier molecular flexibility index (Phi) is 4.24. The molecule has 30 heavy (non-hydrogen) atoms. The van der Waals surface area contributed by atoms with E-state index >= 15 is 0 Å². The van der Waals surface area contributed by atoms with Crippen molar-refractivity contribution < 1.29 is 9.50 Å². The van der Waals surface area contributed by atoms with Crippen molar-refractivity contribution in [1.29, 1.82) is 0 Å². The molecule has 1 N–H and O–H groups in total. The van der Waals surface area contributed by atoms with Gasteiger partial charge in [0.05, 0.1) is 12.2 Å². The zero-order chi connectivity index (χ0) is 20.8. The number of fused-ring (bicyclic) bond motifs is 3. The lowest BCUT2D eigenvalue weighted by atomic mass is 9.83. The first-order valence-electron chi connectivity index (χ1n) is 9.67. The van der Waals surface area contributed by atoms with Crippen LogP contribution in [0.4, 0.5) is 4.39 Å². The highest BCUT2D eigenvalue weighted by Crippen LogP contribution is 2.42. The summed E-state index contributed by atoms with van der Waals surface area (Å²) in [7, 11) is 0. The number of hydrogen-bond acceptors (Lipinski definition) is 4. The summed E-state index contributed by atoms with van der Waals surface area (Å²) >= 11 is 0. The molecule has 0 saturated heterocycles. The molecule has 2 aromatic carbocycles. The Morgan fingerprint density at radius 3 is 2.70 bits per heavy atom. The lowest BCUT2D eigenvalue weighted by molar-refractivity contribution is 0.331. The van der Waals surface area contributed by atoms with Gasteiger partial charge in [-0.1, -0.05) is 42.0 Å². The molecule has 6 nitrogen and oxygen atoms in total. The highest BCUT2D eigenvalue weighted by Gasteiger charge is 2.35. The zero-order valence-electron chi connectivity index (χ0n) is 16.2. The largest absolute Gasteiger partial charge is 0.503 e. The van der Waals surface area contributed by atoms with E-state index < -0.39 is 5.43 Å². The van der Waals surface area contributed by atoms with Gasteiger partial charge in [0.15, 0.2) is 11.6 Å². The van der Waals surface area contributed by atoms with E-state index in [0.29, 0.717) is 12.4 Å². The molecule has 0 bridgehead atoms. The van der Waals surface area contributed by atoms with Crippen molar-refractivity contribution in [1.82, 2.24) is 19.3 Å². The molecular weight excluding hydrogens is 383 g/mol. The number of benzene rings is 2. The van der Waals surface area contributed by atoms with Crippen LogP contribution in [-0.2, 0) is 6.54 Å². The van der Waals surface area contributed by atoms with Crippen LogP contribution in [0.25, 0.3) is 11.5 Å². The molecule has 0 fully saturated rings. The Hall–Kier alpha value is -3.74. The predicted molar refractivity (Wildman–Crippen MR) is 110 cm³/mol. The fourth-order valence-corrected chi connectivity index (χ4v) is 4.32. The fraction of sp³-hybridized carbons (Fsp3) is 0.174. The summed E-state index contributed by atoms with van der Waals surface area (Å²) in [4.78, 5) is 16.4. The monoisotopic (exact) mass is 402 g/mol. The quantitative estimate of drug-likeness (QED) is 0.568. The molecule has 2 aromatic heterocycles. The lowest BCUT2D eigenvalue weighted by Gasteiger charge is -2.34. The maximum absolute atomic E-state index is 14.2. The van der Waals surface area contributed by atoms with Crippen LogP contribution in [0.15, 0.2) is 71.9 Å². The molecule has 2 unspecified atom stereocenters. The van der Waals surface area contributed by atoms with Crippen molar-refractivity contribution in [3.05, 3.63) is 99.9 Å². The van der Waals surface area contributed by atoms with Gasteiger partial charge >= 0.3 is 0 Å². The molecule has 0 spiro atoms. The minimum Gasteiger partial charge on any atom is -0.503 e. The standard InChI is InChI=1S/C23H19FN4O2/c1-14-4-2-5-15(10-14)20(16-6-3-7-17(24)11-16)18-13-27-9-8-25-23(27)21-22(30)19(29)12-26-28(18)21/h2-12,18,20,30H,13H2,1H3. The van der Waals surface area contributed by atoms with Crippen LogP contribution >= 0.6 is 0 Å². The summed E-state index contributed by atoms with van der Waals surface area (Å²) < 4.78 is 17.7. The van der Waals surface area contributed by atoms with Crippen LogP contribution in [0, 0.1) is 12.7 Å². The van der Waals surface area contributed by atoms with E-state index in [4.69, 9.17) is 0 Å². The van der Waals surface area contributed by atoms with Gasteiger partial charge < -0.3 is 9.67 Å². The van der Waals surface area contributed by atoms with E-state index in [1.807, 2.05) is 42.0 Å². The minimum atomic E-state index is -0.561. The first kappa shape index (κ1) is 18.3. The number of aromatic hydroxyl groups is 1. The van der Waals surface area contributed by atoms with E-state index in [1.165, 1.54) is 12.1 Å². The van der Waals surface area contributed by atoms with Crippen molar-refractivity contribution in [2.45, 2.75) is 25.4 Å².